The second-order valence-corrected chi connectivity index (χ2v) is 16.2. The molecule has 1 fully saturated rings. The van der Waals surface area contributed by atoms with Crippen LogP contribution in [0.3, 0.4) is 0 Å². The fourth-order valence-electron chi connectivity index (χ4n) is 7.95. The van der Waals surface area contributed by atoms with Crippen molar-refractivity contribution in [1.29, 1.82) is 0 Å². The number of nitrogens with one attached hydrogen (secondary N) is 2. The quantitative estimate of drug-likeness (QED) is 0.0468. The summed E-state index contributed by atoms with van der Waals surface area (Å²) in [4.78, 5) is 53.5. The summed E-state index contributed by atoms with van der Waals surface area (Å²) < 4.78 is 24.1. The average molecular weight is 834 g/mol. The molecule has 1 aliphatic rings. The molecule has 326 valence electrons. The number of rotatable bonds is 22. The minimum Gasteiger partial charge on any atom is -0.497 e. The summed E-state index contributed by atoms with van der Waals surface area (Å²) in [5.74, 6) is 0.907. The fourth-order valence-corrected chi connectivity index (χ4v) is 7.95. The van der Waals surface area contributed by atoms with E-state index in [1.807, 2.05) is 97.9 Å². The van der Waals surface area contributed by atoms with E-state index in [1.165, 1.54) is 12.6 Å². The lowest BCUT2D eigenvalue weighted by Gasteiger charge is -2.38. The molecule has 0 aromatic heterocycles. The van der Waals surface area contributed by atoms with E-state index in [0.29, 0.717) is 43.2 Å². The largest absolute Gasteiger partial charge is 0.497 e. The molecule has 4 aromatic carbocycles. The minimum atomic E-state index is -1.10. The van der Waals surface area contributed by atoms with Gasteiger partial charge in [-0.05, 0) is 84.2 Å². The number of ether oxygens (including phenoxy) is 4. The maximum Gasteiger partial charge on any atom is 0.306 e. The molecule has 1 aliphatic heterocycles. The van der Waals surface area contributed by atoms with Gasteiger partial charge in [-0.3, -0.25) is 19.2 Å². The molecule has 0 unspecified atom stereocenters. The molecule has 2 N–H and O–H groups in total. The zero-order chi connectivity index (χ0) is 43.8. The number of nitrogens with zero attached hydrogens (tertiary/aromatic N) is 1. The monoisotopic (exact) mass is 833 g/mol. The Kier molecular flexibility index (Phi) is 17.3. The Hall–Kier alpha value is -5.68. The Bertz CT molecular complexity index is 1950. The predicted molar refractivity (Wildman–Crippen MR) is 236 cm³/mol. The van der Waals surface area contributed by atoms with Gasteiger partial charge in [0, 0.05) is 32.9 Å². The van der Waals surface area contributed by atoms with Crippen molar-refractivity contribution in [1.82, 2.24) is 15.5 Å². The van der Waals surface area contributed by atoms with Crippen molar-refractivity contribution in [3.05, 3.63) is 131 Å². The van der Waals surface area contributed by atoms with E-state index in [2.05, 4.69) is 36.6 Å². The first-order valence-electron chi connectivity index (χ1n) is 21.5. The summed E-state index contributed by atoms with van der Waals surface area (Å²) in [5.41, 5.74) is 3.77. The van der Waals surface area contributed by atoms with Crippen molar-refractivity contribution in [2.45, 2.75) is 95.8 Å². The molecule has 11 nitrogen and oxygen atoms in total. The maximum absolute atomic E-state index is 14.1. The molecule has 0 bridgehead atoms. The fraction of sp³-hybridized carbons (Fsp3) is 0.440. The third kappa shape index (κ3) is 12.7. The third-order valence-corrected chi connectivity index (χ3v) is 11.4. The third-order valence-electron chi connectivity index (χ3n) is 11.4. The van der Waals surface area contributed by atoms with Crippen LogP contribution in [-0.2, 0) is 40.7 Å². The van der Waals surface area contributed by atoms with Gasteiger partial charge in [0.2, 0.25) is 17.7 Å². The Morgan fingerprint density at radius 3 is 1.92 bits per heavy atom. The molecule has 3 amide bonds. The topological polar surface area (TPSA) is 132 Å². The van der Waals surface area contributed by atoms with Crippen LogP contribution in [0.1, 0.15) is 99.5 Å². The van der Waals surface area contributed by atoms with Crippen LogP contribution in [0.25, 0.3) is 0 Å². The summed E-state index contributed by atoms with van der Waals surface area (Å²) in [5, 5.41) is 5.60. The molecule has 3 atom stereocenters. The summed E-state index contributed by atoms with van der Waals surface area (Å²) in [6.45, 7) is 7.19. The molecule has 61 heavy (non-hydrogen) atoms. The number of esters is 1. The zero-order valence-electron chi connectivity index (χ0n) is 36.6. The van der Waals surface area contributed by atoms with Crippen LogP contribution in [0.15, 0.2) is 103 Å². The van der Waals surface area contributed by atoms with Crippen LogP contribution in [0.2, 0.25) is 0 Å². The lowest BCUT2D eigenvalue weighted by molar-refractivity contribution is -0.150. The van der Waals surface area contributed by atoms with E-state index in [4.69, 9.17) is 18.9 Å². The number of carbonyl (C=O) groups is 4. The molecular formula is C50H63N3O8. The number of carbonyl (C=O) groups excluding carboxylic acids is 4. The van der Waals surface area contributed by atoms with Crippen molar-refractivity contribution < 1.29 is 38.1 Å². The van der Waals surface area contributed by atoms with Gasteiger partial charge in [0.1, 0.15) is 23.2 Å². The molecule has 0 spiro atoms. The van der Waals surface area contributed by atoms with Crippen LogP contribution in [0, 0.1) is 5.92 Å². The van der Waals surface area contributed by atoms with E-state index >= 15 is 0 Å². The van der Waals surface area contributed by atoms with Gasteiger partial charge in [0.15, 0.2) is 0 Å². The first-order chi connectivity index (χ1) is 29.5. The number of hydrogen-bond donors (Lipinski definition) is 2. The second kappa shape index (κ2) is 22.8. The summed E-state index contributed by atoms with van der Waals surface area (Å²) in [7, 11) is 4.78. The summed E-state index contributed by atoms with van der Waals surface area (Å²) in [6, 6.07) is 33.4. The highest BCUT2D eigenvalue weighted by atomic mass is 16.5. The molecule has 5 rings (SSSR count). The maximum atomic E-state index is 14.1. The Labute approximate surface area is 361 Å². The number of benzene rings is 4. The van der Waals surface area contributed by atoms with Gasteiger partial charge in [0.25, 0.3) is 0 Å². The van der Waals surface area contributed by atoms with E-state index < -0.39 is 23.7 Å². The van der Waals surface area contributed by atoms with E-state index in [0.717, 1.165) is 41.5 Å². The SMILES string of the molecule is CNC(=O)CCC(=O)O[C@@H]1C[C@@H](COC(c2ccccc2)(c2ccc(OC)cc2)c2ccc(OC)cc2)N(C(=O)CCCCCNC(=O)[C@@H](C)c2ccc(CC(C)C)cc2)C1. The highest BCUT2D eigenvalue weighted by Gasteiger charge is 2.42. The predicted octanol–water partition coefficient (Wildman–Crippen LogP) is 7.73. The van der Waals surface area contributed by atoms with Gasteiger partial charge in [-0.25, -0.2) is 0 Å². The van der Waals surface area contributed by atoms with Crippen LogP contribution in [-0.4, -0.2) is 81.7 Å². The number of unbranched alkanes of at least 4 members (excludes halogenated alkanes) is 2. The highest BCUT2D eigenvalue weighted by molar-refractivity contribution is 5.83. The lowest BCUT2D eigenvalue weighted by Crippen LogP contribution is -2.42. The molecule has 0 radical (unpaired) electrons. The zero-order valence-corrected chi connectivity index (χ0v) is 36.6. The number of hydrogen-bond acceptors (Lipinski definition) is 8. The van der Waals surface area contributed by atoms with E-state index in [1.54, 1.807) is 19.1 Å². The molecular weight excluding hydrogens is 771 g/mol. The van der Waals surface area contributed by atoms with Gasteiger partial charge in [0.05, 0.1) is 45.8 Å². The van der Waals surface area contributed by atoms with E-state index in [9.17, 15) is 19.2 Å². The van der Waals surface area contributed by atoms with Gasteiger partial charge in [-0.1, -0.05) is 99.1 Å². The van der Waals surface area contributed by atoms with Gasteiger partial charge < -0.3 is 34.5 Å². The van der Waals surface area contributed by atoms with Gasteiger partial charge in [-0.2, -0.15) is 0 Å². The van der Waals surface area contributed by atoms with Crippen molar-refractivity contribution >= 4 is 23.7 Å². The molecule has 1 saturated heterocycles. The van der Waals surface area contributed by atoms with Crippen LogP contribution in [0.4, 0.5) is 0 Å². The normalized spacial score (nSPS) is 15.6. The first-order valence-corrected chi connectivity index (χ1v) is 21.5. The Morgan fingerprint density at radius 1 is 0.738 bits per heavy atom. The van der Waals surface area contributed by atoms with E-state index in [-0.39, 0.29) is 49.6 Å². The van der Waals surface area contributed by atoms with Gasteiger partial charge in [-0.15, -0.1) is 0 Å². The minimum absolute atomic E-state index is 0.0145. The highest BCUT2D eigenvalue weighted by Crippen LogP contribution is 2.42. The van der Waals surface area contributed by atoms with Crippen molar-refractivity contribution in [3.8, 4) is 11.5 Å². The Morgan fingerprint density at radius 2 is 1.34 bits per heavy atom. The number of likely N-dealkylation sites (tertiary alicyclic amines) is 1. The summed E-state index contributed by atoms with van der Waals surface area (Å²) in [6.07, 6.45) is 3.19. The lowest BCUT2D eigenvalue weighted by atomic mass is 9.80. The van der Waals surface area contributed by atoms with Crippen molar-refractivity contribution in [3.63, 3.8) is 0 Å². The molecule has 4 aromatic rings. The molecule has 0 saturated carbocycles. The van der Waals surface area contributed by atoms with Crippen LogP contribution in [0.5, 0.6) is 11.5 Å². The number of amides is 3. The summed E-state index contributed by atoms with van der Waals surface area (Å²) >= 11 is 0. The van der Waals surface area contributed by atoms with Crippen molar-refractivity contribution in [2.24, 2.45) is 5.92 Å². The second-order valence-electron chi connectivity index (χ2n) is 16.2. The van der Waals surface area contributed by atoms with Crippen LogP contribution >= 0.6 is 0 Å². The van der Waals surface area contributed by atoms with Gasteiger partial charge >= 0.3 is 5.97 Å². The number of methoxy groups -OCH3 is 2. The molecule has 11 heteroatoms. The van der Waals surface area contributed by atoms with Crippen molar-refractivity contribution in [2.75, 3.05) is 41.0 Å². The smallest absolute Gasteiger partial charge is 0.306 e. The Balaban J connectivity index is 1.28. The first kappa shape index (κ1) is 46.4. The van der Waals surface area contributed by atoms with Crippen LogP contribution < -0.4 is 20.1 Å². The average Bonchev–Trinajstić information content (AvgIpc) is 3.69. The standard InChI is InChI=1S/C50H63N3O8/c1-35(2)31-37-16-18-38(19-17-37)36(3)49(57)52-30-12-8-11-15-47(55)53-33-45(61-48(56)29-28-46(54)51-4)32-42(53)34-60-50(39-13-9-7-10-14-39,40-20-24-43(58-5)25-21-40)41-22-26-44(59-6)27-23-41/h7,9-10,13-14,16-27,35-36,42,45H,8,11-12,15,28-34H2,1-6H3,(H,51,54)(H,52,57)/t36-,42-,45+/m0/s1. The molecule has 0 aliphatic carbocycles. The molecule has 1 heterocycles.